The van der Waals surface area contributed by atoms with Crippen molar-refractivity contribution in [2.45, 2.75) is 31.0 Å². The van der Waals surface area contributed by atoms with Gasteiger partial charge in [-0.1, -0.05) is 36.9 Å². The zero-order chi connectivity index (χ0) is 21.2. The van der Waals surface area contributed by atoms with Crippen LogP contribution < -0.4 is 20.9 Å². The minimum Gasteiger partial charge on any atom is -0.457 e. The van der Waals surface area contributed by atoms with Crippen molar-refractivity contribution in [2.24, 2.45) is 11.8 Å². The highest BCUT2D eigenvalue weighted by atomic mass is 16.5. The first kappa shape index (κ1) is 20.2. The van der Waals surface area contributed by atoms with Gasteiger partial charge in [0.1, 0.15) is 11.5 Å². The van der Waals surface area contributed by atoms with E-state index in [-0.39, 0.29) is 11.9 Å². The Labute approximate surface area is 183 Å². The number of benzene rings is 2. The lowest BCUT2D eigenvalue weighted by atomic mass is 9.78. The molecule has 0 spiro atoms. The van der Waals surface area contributed by atoms with Gasteiger partial charge in [0.15, 0.2) is 0 Å². The maximum atomic E-state index is 12.0. The molecule has 162 valence electrons. The van der Waals surface area contributed by atoms with Crippen molar-refractivity contribution >= 4 is 5.91 Å². The molecule has 0 aromatic heterocycles. The van der Waals surface area contributed by atoms with E-state index in [0.29, 0.717) is 23.9 Å². The quantitative estimate of drug-likeness (QED) is 0.652. The van der Waals surface area contributed by atoms with Gasteiger partial charge in [0.05, 0.1) is 0 Å². The second kappa shape index (κ2) is 8.83. The van der Waals surface area contributed by atoms with Crippen molar-refractivity contribution in [3.05, 3.63) is 72.8 Å². The van der Waals surface area contributed by atoms with Gasteiger partial charge in [-0.15, -0.1) is 0 Å². The highest BCUT2D eigenvalue weighted by molar-refractivity contribution is 5.87. The summed E-state index contributed by atoms with van der Waals surface area (Å²) < 4.78 is 5.96. The molecule has 0 bridgehead atoms. The monoisotopic (exact) mass is 418 g/mol. The summed E-state index contributed by atoms with van der Waals surface area (Å²) in [6.45, 7) is 6.27. The van der Waals surface area contributed by atoms with Crippen molar-refractivity contribution in [3.8, 4) is 11.5 Å². The fraction of sp³-hybridized carbons (Fsp3) is 0.400. The second-order valence-electron chi connectivity index (χ2n) is 8.82. The van der Waals surface area contributed by atoms with Gasteiger partial charge in [-0.05, 0) is 60.6 Å². The van der Waals surface area contributed by atoms with Gasteiger partial charge >= 0.3 is 0 Å². The van der Waals surface area contributed by atoms with E-state index in [4.69, 9.17) is 4.74 Å². The standard InChI is InChI=1S/C25H30N4O2/c1-2-23(30)29-13-12-18(16-29)22-14-19-15-26-28-25(19)24(27-22)17-8-10-21(11-9-17)31-20-6-4-3-5-7-20/h2-11,18-19,22,24-28H,1,12-16H2/t18-,19?,22?,24?,25?/m1/s1. The Kier molecular flexibility index (Phi) is 5.76. The van der Waals surface area contributed by atoms with Gasteiger partial charge in [-0.2, -0.15) is 0 Å². The third-order valence-corrected chi connectivity index (χ3v) is 6.95. The zero-order valence-electron chi connectivity index (χ0n) is 17.7. The summed E-state index contributed by atoms with van der Waals surface area (Å²) in [7, 11) is 0. The lowest BCUT2D eigenvalue weighted by Crippen LogP contribution is -2.54. The molecule has 3 aliphatic heterocycles. The smallest absolute Gasteiger partial charge is 0.245 e. The minimum absolute atomic E-state index is 0.0472. The first-order valence-electron chi connectivity index (χ1n) is 11.2. The summed E-state index contributed by atoms with van der Waals surface area (Å²) in [5.74, 6) is 2.78. The molecule has 31 heavy (non-hydrogen) atoms. The number of nitrogens with one attached hydrogen (secondary N) is 3. The van der Waals surface area contributed by atoms with E-state index in [1.807, 2.05) is 47.4 Å². The number of likely N-dealkylation sites (tertiary alicyclic amines) is 1. The Morgan fingerprint density at radius 2 is 1.84 bits per heavy atom. The number of rotatable bonds is 5. The molecule has 3 heterocycles. The molecule has 0 radical (unpaired) electrons. The predicted octanol–water partition coefficient (Wildman–Crippen LogP) is 3.01. The molecule has 5 atom stereocenters. The van der Waals surface area contributed by atoms with Crippen LogP contribution in [0.3, 0.4) is 0 Å². The van der Waals surface area contributed by atoms with E-state index in [2.05, 4.69) is 34.9 Å². The van der Waals surface area contributed by atoms with Crippen LogP contribution in [0, 0.1) is 11.8 Å². The summed E-state index contributed by atoms with van der Waals surface area (Å²) in [4.78, 5) is 14.0. The maximum Gasteiger partial charge on any atom is 0.245 e. The first-order valence-corrected chi connectivity index (χ1v) is 11.2. The van der Waals surface area contributed by atoms with E-state index in [1.54, 1.807) is 0 Å². The molecule has 3 N–H and O–H groups in total. The highest BCUT2D eigenvalue weighted by Crippen LogP contribution is 2.37. The Bertz CT molecular complexity index is 917. The fourth-order valence-corrected chi connectivity index (χ4v) is 5.31. The number of hydrogen-bond acceptors (Lipinski definition) is 5. The number of piperidine rings is 1. The van der Waals surface area contributed by atoms with Crippen LogP contribution in [0.25, 0.3) is 0 Å². The van der Waals surface area contributed by atoms with Crippen molar-refractivity contribution < 1.29 is 9.53 Å². The Morgan fingerprint density at radius 1 is 1.06 bits per heavy atom. The molecule has 2 aromatic rings. The van der Waals surface area contributed by atoms with Crippen LogP contribution in [0.5, 0.6) is 11.5 Å². The van der Waals surface area contributed by atoms with Crippen LogP contribution in [0.4, 0.5) is 0 Å². The molecule has 4 unspecified atom stereocenters. The summed E-state index contributed by atoms with van der Waals surface area (Å²) in [5.41, 5.74) is 8.11. The molecule has 0 aliphatic carbocycles. The van der Waals surface area contributed by atoms with Crippen LogP contribution in [0.2, 0.25) is 0 Å². The zero-order valence-corrected chi connectivity index (χ0v) is 17.7. The number of para-hydroxylation sites is 1. The molecule has 5 rings (SSSR count). The van der Waals surface area contributed by atoms with Crippen molar-refractivity contribution in [1.82, 2.24) is 21.1 Å². The van der Waals surface area contributed by atoms with Crippen molar-refractivity contribution in [1.29, 1.82) is 0 Å². The third-order valence-electron chi connectivity index (χ3n) is 6.95. The number of ether oxygens (including phenoxy) is 1. The average molecular weight is 419 g/mol. The van der Waals surface area contributed by atoms with Gasteiger partial charge in [0.25, 0.3) is 0 Å². The van der Waals surface area contributed by atoms with E-state index in [1.165, 1.54) is 11.6 Å². The fourth-order valence-electron chi connectivity index (χ4n) is 5.31. The molecular weight excluding hydrogens is 388 g/mol. The van der Waals surface area contributed by atoms with Gasteiger partial charge in [0, 0.05) is 37.8 Å². The minimum atomic E-state index is 0.0472. The molecule has 0 saturated carbocycles. The van der Waals surface area contributed by atoms with Crippen LogP contribution in [0.15, 0.2) is 67.3 Å². The molecular formula is C25H30N4O2. The highest BCUT2D eigenvalue weighted by Gasteiger charge is 2.44. The molecule has 6 nitrogen and oxygen atoms in total. The molecule has 6 heteroatoms. The van der Waals surface area contributed by atoms with Crippen LogP contribution >= 0.6 is 0 Å². The Morgan fingerprint density at radius 3 is 2.61 bits per heavy atom. The van der Waals surface area contributed by atoms with E-state index in [9.17, 15) is 4.79 Å². The van der Waals surface area contributed by atoms with Crippen molar-refractivity contribution in [3.63, 3.8) is 0 Å². The summed E-state index contributed by atoms with van der Waals surface area (Å²) in [6, 6.07) is 19.2. The van der Waals surface area contributed by atoms with Crippen LogP contribution in [0.1, 0.15) is 24.4 Å². The van der Waals surface area contributed by atoms with Gasteiger partial charge in [-0.3, -0.25) is 15.6 Å². The Balaban J connectivity index is 1.30. The van der Waals surface area contributed by atoms with Crippen LogP contribution in [-0.4, -0.2) is 42.5 Å². The second-order valence-corrected chi connectivity index (χ2v) is 8.82. The molecule has 3 fully saturated rings. The number of carbonyl (C=O) groups is 1. The summed E-state index contributed by atoms with van der Waals surface area (Å²) in [5, 5.41) is 3.92. The van der Waals surface area contributed by atoms with E-state index < -0.39 is 0 Å². The van der Waals surface area contributed by atoms with E-state index >= 15 is 0 Å². The van der Waals surface area contributed by atoms with Gasteiger partial charge < -0.3 is 15.0 Å². The predicted molar refractivity (Wildman–Crippen MR) is 121 cm³/mol. The normalized spacial score (nSPS) is 30.1. The van der Waals surface area contributed by atoms with E-state index in [0.717, 1.165) is 44.0 Å². The summed E-state index contributed by atoms with van der Waals surface area (Å²) >= 11 is 0. The number of carbonyl (C=O) groups excluding carboxylic acids is 1. The van der Waals surface area contributed by atoms with Crippen molar-refractivity contribution in [2.75, 3.05) is 19.6 Å². The number of fused-ring (bicyclic) bond motifs is 1. The largest absolute Gasteiger partial charge is 0.457 e. The number of amides is 1. The van der Waals surface area contributed by atoms with Gasteiger partial charge in [0.2, 0.25) is 5.91 Å². The molecule has 1 amide bonds. The van der Waals surface area contributed by atoms with Crippen LogP contribution in [-0.2, 0) is 4.79 Å². The summed E-state index contributed by atoms with van der Waals surface area (Å²) in [6.07, 6.45) is 3.60. The molecule has 3 aliphatic rings. The number of hydrogen-bond donors (Lipinski definition) is 3. The topological polar surface area (TPSA) is 65.6 Å². The molecule has 2 aromatic carbocycles. The molecule has 3 saturated heterocycles. The average Bonchev–Trinajstić information content (AvgIpc) is 3.49. The lowest BCUT2D eigenvalue weighted by molar-refractivity contribution is -0.125. The van der Waals surface area contributed by atoms with Gasteiger partial charge in [-0.25, -0.2) is 0 Å². The first-order chi connectivity index (χ1) is 15.2. The number of nitrogens with zero attached hydrogens (tertiary/aromatic N) is 1. The maximum absolute atomic E-state index is 12.0. The third kappa shape index (κ3) is 4.24. The SMILES string of the molecule is C=CC(=O)N1CC[C@@H](C2CC3CNNC3C(c3ccc(Oc4ccccc4)cc3)N2)C1. The Hall–Kier alpha value is -2.67. The lowest BCUT2D eigenvalue weighted by Gasteiger charge is -2.41. The number of hydrazine groups is 1.